The molecular weight excluding hydrogens is 304 g/mol. The molecule has 0 unspecified atom stereocenters. The van der Waals surface area contributed by atoms with Gasteiger partial charge < -0.3 is 5.32 Å². The number of hydrogen-bond donors (Lipinski definition) is 1. The van der Waals surface area contributed by atoms with Crippen molar-refractivity contribution in [2.45, 2.75) is 20.3 Å². The van der Waals surface area contributed by atoms with Crippen molar-refractivity contribution >= 4 is 27.7 Å². The lowest BCUT2D eigenvalue weighted by Crippen LogP contribution is -2.16. The lowest BCUT2D eigenvalue weighted by Gasteiger charge is -2.07. The molecule has 0 radical (unpaired) electrons. The van der Waals surface area contributed by atoms with E-state index in [4.69, 9.17) is 0 Å². The zero-order valence-electron chi connectivity index (χ0n) is 10.9. The van der Waals surface area contributed by atoms with E-state index in [1.165, 1.54) is 0 Å². The molecule has 0 aliphatic heterocycles. The first-order chi connectivity index (χ1) is 9.06. The number of benzene rings is 1. The first kappa shape index (κ1) is 13.7. The number of amides is 1. The Labute approximate surface area is 121 Å². The monoisotopic (exact) mass is 318 g/mol. The molecule has 0 aliphatic rings. The van der Waals surface area contributed by atoms with E-state index in [-0.39, 0.29) is 5.91 Å². The predicted octanol–water partition coefficient (Wildman–Crippen LogP) is 3.64. The molecule has 0 saturated carbocycles. The van der Waals surface area contributed by atoms with Gasteiger partial charge in [-0.3, -0.25) is 4.79 Å². The number of rotatable bonds is 3. The van der Waals surface area contributed by atoms with Crippen LogP contribution in [0.4, 0.5) is 5.82 Å². The van der Waals surface area contributed by atoms with Gasteiger partial charge in [0.25, 0.3) is 0 Å². The summed E-state index contributed by atoms with van der Waals surface area (Å²) in [5, 5.41) is 2.81. The fourth-order valence-corrected chi connectivity index (χ4v) is 1.99. The highest BCUT2D eigenvalue weighted by Gasteiger charge is 2.07. The molecule has 1 heterocycles. The number of carbonyl (C=O) groups excluding carboxylic acids is 1. The Kier molecular flexibility index (Phi) is 4.32. The molecule has 0 spiro atoms. The number of pyridine rings is 1. The maximum Gasteiger partial charge on any atom is 0.229 e. The summed E-state index contributed by atoms with van der Waals surface area (Å²) in [6.45, 7) is 3.97. The Morgan fingerprint density at radius 3 is 2.68 bits per heavy atom. The second-order valence-electron chi connectivity index (χ2n) is 4.47. The van der Waals surface area contributed by atoms with Gasteiger partial charge in [-0.25, -0.2) is 4.98 Å². The zero-order chi connectivity index (χ0) is 13.8. The van der Waals surface area contributed by atoms with E-state index in [2.05, 4.69) is 26.2 Å². The largest absolute Gasteiger partial charge is 0.310 e. The highest BCUT2D eigenvalue weighted by atomic mass is 79.9. The highest BCUT2D eigenvalue weighted by molar-refractivity contribution is 9.10. The number of aromatic nitrogens is 1. The van der Waals surface area contributed by atoms with Gasteiger partial charge in [0, 0.05) is 10.7 Å². The lowest BCUT2D eigenvalue weighted by atomic mass is 10.1. The standard InChI is InChI=1S/C15H15BrN2O/c1-10-5-3-4-6-12(10)8-15(19)18-14-7-11(2)13(16)9-17-14/h3-7,9H,8H2,1-2H3,(H,17,18,19). The van der Waals surface area contributed by atoms with E-state index in [1.807, 2.05) is 44.2 Å². The first-order valence-corrected chi connectivity index (χ1v) is 6.82. The summed E-state index contributed by atoms with van der Waals surface area (Å²) in [5.41, 5.74) is 3.20. The van der Waals surface area contributed by atoms with Crippen LogP contribution in [0.25, 0.3) is 0 Å². The van der Waals surface area contributed by atoms with E-state index < -0.39 is 0 Å². The summed E-state index contributed by atoms with van der Waals surface area (Å²) in [6, 6.07) is 9.73. The fraction of sp³-hybridized carbons (Fsp3) is 0.200. The average Bonchev–Trinajstić information content (AvgIpc) is 2.37. The van der Waals surface area contributed by atoms with Crippen molar-refractivity contribution in [3.8, 4) is 0 Å². The third kappa shape index (κ3) is 3.64. The molecule has 0 atom stereocenters. The van der Waals surface area contributed by atoms with Crippen molar-refractivity contribution in [2.24, 2.45) is 0 Å². The van der Waals surface area contributed by atoms with Gasteiger partial charge in [-0.1, -0.05) is 24.3 Å². The summed E-state index contributed by atoms with van der Waals surface area (Å²) in [6.07, 6.45) is 2.06. The third-order valence-electron chi connectivity index (χ3n) is 2.93. The maximum atomic E-state index is 12.0. The minimum atomic E-state index is -0.0523. The minimum absolute atomic E-state index is 0.0523. The summed E-state index contributed by atoms with van der Waals surface area (Å²) in [4.78, 5) is 16.1. The molecule has 0 saturated heterocycles. The van der Waals surface area contributed by atoms with E-state index >= 15 is 0 Å². The van der Waals surface area contributed by atoms with E-state index in [0.29, 0.717) is 12.2 Å². The van der Waals surface area contributed by atoms with Gasteiger partial charge >= 0.3 is 0 Å². The van der Waals surface area contributed by atoms with Crippen LogP contribution >= 0.6 is 15.9 Å². The molecule has 0 bridgehead atoms. The fourth-order valence-electron chi connectivity index (χ4n) is 1.78. The summed E-state index contributed by atoms with van der Waals surface area (Å²) < 4.78 is 0.935. The number of hydrogen-bond acceptors (Lipinski definition) is 2. The van der Waals surface area contributed by atoms with Gasteiger partial charge in [-0.05, 0) is 52.5 Å². The molecule has 1 aromatic carbocycles. The van der Waals surface area contributed by atoms with Crippen LogP contribution in [-0.4, -0.2) is 10.9 Å². The Bertz CT molecular complexity index is 611. The number of aryl methyl sites for hydroxylation is 2. The molecular formula is C15H15BrN2O. The van der Waals surface area contributed by atoms with Crippen molar-refractivity contribution in [3.05, 3.63) is 57.7 Å². The summed E-state index contributed by atoms with van der Waals surface area (Å²) in [7, 11) is 0. The Morgan fingerprint density at radius 1 is 1.26 bits per heavy atom. The van der Waals surface area contributed by atoms with Crippen molar-refractivity contribution < 1.29 is 4.79 Å². The Balaban J connectivity index is 2.05. The number of carbonyl (C=O) groups is 1. The molecule has 0 fully saturated rings. The second-order valence-corrected chi connectivity index (χ2v) is 5.32. The molecule has 98 valence electrons. The first-order valence-electron chi connectivity index (χ1n) is 6.03. The van der Waals surface area contributed by atoms with Gasteiger partial charge in [0.2, 0.25) is 5.91 Å². The van der Waals surface area contributed by atoms with Crippen LogP contribution < -0.4 is 5.32 Å². The van der Waals surface area contributed by atoms with Gasteiger partial charge in [0.1, 0.15) is 5.82 Å². The lowest BCUT2D eigenvalue weighted by molar-refractivity contribution is -0.115. The molecule has 3 nitrogen and oxygen atoms in total. The van der Waals surface area contributed by atoms with Crippen molar-refractivity contribution in [1.82, 2.24) is 4.98 Å². The molecule has 0 aliphatic carbocycles. The summed E-state index contributed by atoms with van der Waals surface area (Å²) in [5.74, 6) is 0.530. The van der Waals surface area contributed by atoms with Gasteiger partial charge in [0.15, 0.2) is 0 Å². The number of halogens is 1. The molecule has 2 rings (SSSR count). The predicted molar refractivity (Wildman–Crippen MR) is 80.2 cm³/mol. The zero-order valence-corrected chi connectivity index (χ0v) is 12.5. The van der Waals surface area contributed by atoms with Gasteiger partial charge in [-0.2, -0.15) is 0 Å². The quantitative estimate of drug-likeness (QED) is 0.938. The van der Waals surface area contributed by atoms with Crippen molar-refractivity contribution in [3.63, 3.8) is 0 Å². The smallest absolute Gasteiger partial charge is 0.229 e. The van der Waals surface area contributed by atoms with Gasteiger partial charge in [-0.15, -0.1) is 0 Å². The SMILES string of the molecule is Cc1cc(NC(=O)Cc2ccccc2C)ncc1Br. The van der Waals surface area contributed by atoms with E-state index in [9.17, 15) is 4.79 Å². The number of anilines is 1. The third-order valence-corrected chi connectivity index (χ3v) is 3.76. The Morgan fingerprint density at radius 2 is 2.00 bits per heavy atom. The van der Waals surface area contributed by atoms with Crippen LogP contribution in [0.2, 0.25) is 0 Å². The number of nitrogens with zero attached hydrogens (tertiary/aromatic N) is 1. The van der Waals surface area contributed by atoms with Crippen molar-refractivity contribution in [2.75, 3.05) is 5.32 Å². The topological polar surface area (TPSA) is 42.0 Å². The average molecular weight is 319 g/mol. The van der Waals surface area contributed by atoms with Crippen LogP contribution in [0.5, 0.6) is 0 Å². The van der Waals surface area contributed by atoms with Crippen LogP contribution in [0.1, 0.15) is 16.7 Å². The second kappa shape index (κ2) is 5.97. The highest BCUT2D eigenvalue weighted by Crippen LogP contribution is 2.17. The van der Waals surface area contributed by atoms with Gasteiger partial charge in [0.05, 0.1) is 6.42 Å². The molecule has 19 heavy (non-hydrogen) atoms. The van der Waals surface area contributed by atoms with Crippen LogP contribution in [0, 0.1) is 13.8 Å². The Hall–Kier alpha value is -1.68. The minimum Gasteiger partial charge on any atom is -0.310 e. The van der Waals surface area contributed by atoms with E-state index in [0.717, 1.165) is 21.2 Å². The number of nitrogens with one attached hydrogen (secondary N) is 1. The molecule has 1 aromatic heterocycles. The van der Waals surface area contributed by atoms with Crippen LogP contribution in [-0.2, 0) is 11.2 Å². The maximum absolute atomic E-state index is 12.0. The van der Waals surface area contributed by atoms with Crippen LogP contribution in [0.15, 0.2) is 41.0 Å². The van der Waals surface area contributed by atoms with Crippen molar-refractivity contribution in [1.29, 1.82) is 0 Å². The summed E-state index contributed by atoms with van der Waals surface area (Å²) >= 11 is 3.38. The molecule has 4 heteroatoms. The molecule has 1 amide bonds. The van der Waals surface area contributed by atoms with E-state index in [1.54, 1.807) is 6.20 Å². The molecule has 2 aromatic rings. The molecule has 1 N–H and O–H groups in total. The normalized spacial score (nSPS) is 10.3. The van der Waals surface area contributed by atoms with Crippen LogP contribution in [0.3, 0.4) is 0 Å².